The highest BCUT2D eigenvalue weighted by Gasteiger charge is 2.21. The van der Waals surface area contributed by atoms with Crippen LogP contribution in [0.15, 0.2) is 53.4 Å². The Morgan fingerprint density at radius 2 is 1.89 bits per heavy atom. The molecule has 0 spiro atoms. The first-order chi connectivity index (χ1) is 13.0. The van der Waals surface area contributed by atoms with Crippen LogP contribution in [0.5, 0.6) is 11.5 Å². The number of ether oxygens (including phenoxy) is 2. The van der Waals surface area contributed by atoms with Crippen molar-refractivity contribution in [2.24, 2.45) is 0 Å². The number of para-hydroxylation sites is 1. The Morgan fingerprint density at radius 3 is 2.63 bits per heavy atom. The van der Waals surface area contributed by atoms with E-state index in [0.717, 1.165) is 17.1 Å². The highest BCUT2D eigenvalue weighted by atomic mass is 32.2. The largest absolute Gasteiger partial charge is 0.490 e. The number of rotatable bonds is 7. The Hall–Kier alpha value is -2.31. The summed E-state index contributed by atoms with van der Waals surface area (Å²) in [6, 6.07) is 15.7. The van der Waals surface area contributed by atoms with Gasteiger partial charge in [-0.25, -0.2) is 0 Å². The fourth-order valence-corrected chi connectivity index (χ4v) is 3.71. The molecule has 1 N–H and O–H groups in total. The number of hydrogen-bond acceptors (Lipinski definition) is 5. The van der Waals surface area contributed by atoms with Crippen LogP contribution in [0.2, 0.25) is 0 Å². The molecule has 4 nitrogen and oxygen atoms in total. The van der Waals surface area contributed by atoms with Gasteiger partial charge in [-0.1, -0.05) is 68.2 Å². The first-order valence-corrected chi connectivity index (χ1v) is 9.95. The van der Waals surface area contributed by atoms with Crippen LogP contribution in [0.25, 0.3) is 6.08 Å². The van der Waals surface area contributed by atoms with E-state index in [0.29, 0.717) is 28.4 Å². The van der Waals surface area contributed by atoms with Crippen LogP contribution in [0.3, 0.4) is 0 Å². The molecule has 0 aromatic heterocycles. The summed E-state index contributed by atoms with van der Waals surface area (Å²) in [6.07, 6.45) is 1.81. The van der Waals surface area contributed by atoms with Crippen molar-refractivity contribution in [1.82, 2.24) is 5.32 Å². The van der Waals surface area contributed by atoms with Gasteiger partial charge in [0.25, 0.3) is 5.91 Å². The SMILES string of the molecule is CC(C)c1ccccc1OCCOc1cccc(C=C2SC(=S)NC2=O)c1. The van der Waals surface area contributed by atoms with Crippen LogP contribution in [0, 0.1) is 0 Å². The average Bonchev–Trinajstić information content (AvgIpc) is 2.96. The third-order valence-electron chi connectivity index (χ3n) is 3.95. The van der Waals surface area contributed by atoms with Gasteiger partial charge in [0.2, 0.25) is 0 Å². The van der Waals surface area contributed by atoms with Crippen molar-refractivity contribution in [2.75, 3.05) is 13.2 Å². The van der Waals surface area contributed by atoms with Crippen molar-refractivity contribution in [3.8, 4) is 11.5 Å². The van der Waals surface area contributed by atoms with Gasteiger partial charge in [0.05, 0.1) is 4.91 Å². The minimum Gasteiger partial charge on any atom is -0.490 e. The number of carbonyl (C=O) groups is 1. The minimum atomic E-state index is -0.159. The summed E-state index contributed by atoms with van der Waals surface area (Å²) in [7, 11) is 0. The molecule has 1 aliphatic heterocycles. The van der Waals surface area contributed by atoms with Crippen molar-refractivity contribution in [2.45, 2.75) is 19.8 Å². The number of thiocarbonyl (C=S) groups is 1. The quantitative estimate of drug-likeness (QED) is 0.413. The van der Waals surface area contributed by atoms with Crippen LogP contribution in [0.4, 0.5) is 0 Å². The van der Waals surface area contributed by atoms with E-state index >= 15 is 0 Å². The number of carbonyl (C=O) groups excluding carboxylic acids is 1. The molecule has 1 saturated heterocycles. The Kier molecular flexibility index (Phi) is 6.53. The summed E-state index contributed by atoms with van der Waals surface area (Å²) in [4.78, 5) is 12.3. The van der Waals surface area contributed by atoms with Crippen LogP contribution in [-0.2, 0) is 4.79 Å². The lowest BCUT2D eigenvalue weighted by Crippen LogP contribution is -2.17. The Morgan fingerprint density at radius 1 is 1.11 bits per heavy atom. The third kappa shape index (κ3) is 5.34. The van der Waals surface area contributed by atoms with Crippen LogP contribution >= 0.6 is 24.0 Å². The maximum atomic E-state index is 11.8. The molecule has 0 saturated carbocycles. The standard InChI is InChI=1S/C21H21NO3S2/c1-14(2)17-8-3-4-9-18(17)25-11-10-24-16-7-5-6-15(12-16)13-19-20(23)22-21(26)27-19/h3-9,12-14H,10-11H2,1-2H3,(H,22,23,26). The van der Waals surface area contributed by atoms with E-state index in [1.165, 1.54) is 17.3 Å². The Bertz CT molecular complexity index is 877. The van der Waals surface area contributed by atoms with E-state index in [2.05, 4.69) is 25.2 Å². The van der Waals surface area contributed by atoms with Crippen LogP contribution in [-0.4, -0.2) is 23.4 Å². The fraction of sp³-hybridized carbons (Fsp3) is 0.238. The first-order valence-electron chi connectivity index (χ1n) is 8.72. The van der Waals surface area contributed by atoms with Gasteiger partial charge in [-0.3, -0.25) is 4.79 Å². The van der Waals surface area contributed by atoms with E-state index in [4.69, 9.17) is 21.7 Å². The summed E-state index contributed by atoms with van der Waals surface area (Å²) < 4.78 is 12.2. The normalized spacial score (nSPS) is 15.3. The molecule has 0 unspecified atom stereocenters. The molecule has 2 aromatic carbocycles. The number of thioether (sulfide) groups is 1. The lowest BCUT2D eigenvalue weighted by Gasteiger charge is -2.14. The van der Waals surface area contributed by atoms with Crippen molar-refractivity contribution < 1.29 is 14.3 Å². The predicted molar refractivity (Wildman–Crippen MR) is 114 cm³/mol. The number of amides is 1. The molecule has 0 atom stereocenters. The summed E-state index contributed by atoms with van der Waals surface area (Å²) in [6.45, 7) is 5.19. The number of benzene rings is 2. The van der Waals surface area contributed by atoms with Crippen molar-refractivity contribution in [1.29, 1.82) is 0 Å². The zero-order valence-electron chi connectivity index (χ0n) is 15.2. The van der Waals surface area contributed by atoms with E-state index in [9.17, 15) is 4.79 Å². The summed E-state index contributed by atoms with van der Waals surface area (Å²) in [5.74, 6) is 1.88. The molecule has 1 fully saturated rings. The van der Waals surface area contributed by atoms with Gasteiger partial charge in [0.15, 0.2) is 0 Å². The van der Waals surface area contributed by atoms with Gasteiger partial charge in [-0.15, -0.1) is 0 Å². The highest BCUT2D eigenvalue weighted by molar-refractivity contribution is 8.26. The molecule has 140 valence electrons. The molecule has 27 heavy (non-hydrogen) atoms. The van der Waals surface area contributed by atoms with Gasteiger partial charge >= 0.3 is 0 Å². The fourth-order valence-electron chi connectivity index (χ4n) is 2.67. The highest BCUT2D eigenvalue weighted by Crippen LogP contribution is 2.27. The average molecular weight is 400 g/mol. The second kappa shape index (κ2) is 9.06. The third-order valence-corrected chi connectivity index (χ3v) is 5.11. The van der Waals surface area contributed by atoms with E-state index < -0.39 is 0 Å². The molecule has 6 heteroatoms. The molecule has 0 radical (unpaired) electrons. The topological polar surface area (TPSA) is 47.6 Å². The summed E-state index contributed by atoms with van der Waals surface area (Å²) in [5, 5.41) is 2.61. The van der Waals surface area contributed by atoms with Gasteiger partial charge in [0.1, 0.15) is 29.0 Å². The number of hydrogen-bond donors (Lipinski definition) is 1. The second-order valence-corrected chi connectivity index (χ2v) is 8.03. The Labute approximate surface area is 168 Å². The van der Waals surface area contributed by atoms with Gasteiger partial charge in [0, 0.05) is 0 Å². The second-order valence-electron chi connectivity index (χ2n) is 6.31. The number of nitrogens with one attached hydrogen (secondary N) is 1. The first kappa shape index (κ1) is 19.5. The van der Waals surface area contributed by atoms with Gasteiger partial charge in [-0.05, 0) is 41.3 Å². The molecule has 1 amide bonds. The minimum absolute atomic E-state index is 0.159. The van der Waals surface area contributed by atoms with Crippen molar-refractivity contribution in [3.63, 3.8) is 0 Å². The van der Waals surface area contributed by atoms with Crippen LogP contribution < -0.4 is 14.8 Å². The molecule has 1 heterocycles. The van der Waals surface area contributed by atoms with E-state index in [-0.39, 0.29) is 5.91 Å². The smallest absolute Gasteiger partial charge is 0.263 e. The van der Waals surface area contributed by atoms with Gasteiger partial charge < -0.3 is 14.8 Å². The lowest BCUT2D eigenvalue weighted by atomic mass is 10.0. The van der Waals surface area contributed by atoms with Gasteiger partial charge in [-0.2, -0.15) is 0 Å². The van der Waals surface area contributed by atoms with E-state index in [1.54, 1.807) is 0 Å². The molecular formula is C21H21NO3S2. The summed E-state index contributed by atoms with van der Waals surface area (Å²) >= 11 is 6.27. The molecule has 3 rings (SSSR count). The van der Waals surface area contributed by atoms with Crippen molar-refractivity contribution in [3.05, 3.63) is 64.6 Å². The molecule has 1 aliphatic rings. The maximum Gasteiger partial charge on any atom is 0.263 e. The van der Waals surface area contributed by atoms with Crippen LogP contribution in [0.1, 0.15) is 30.9 Å². The molecule has 0 bridgehead atoms. The predicted octanol–water partition coefficient (Wildman–Crippen LogP) is 4.76. The monoisotopic (exact) mass is 399 g/mol. The molecule has 0 aliphatic carbocycles. The summed E-state index contributed by atoms with van der Waals surface area (Å²) in [5.41, 5.74) is 2.08. The zero-order chi connectivity index (χ0) is 19.2. The maximum absolute atomic E-state index is 11.8. The lowest BCUT2D eigenvalue weighted by molar-refractivity contribution is -0.115. The van der Waals surface area contributed by atoms with E-state index in [1.807, 2.05) is 48.5 Å². The molecular weight excluding hydrogens is 378 g/mol. The zero-order valence-corrected chi connectivity index (χ0v) is 16.9. The molecule has 2 aromatic rings. The Balaban J connectivity index is 1.56. The van der Waals surface area contributed by atoms with Crippen molar-refractivity contribution >= 4 is 40.3 Å².